The van der Waals surface area contributed by atoms with Gasteiger partial charge in [-0.25, -0.2) is 0 Å². The minimum atomic E-state index is -5.12. The molecule has 0 aromatic rings. The summed E-state index contributed by atoms with van der Waals surface area (Å²) >= 11 is 0. The SMILES string of the molecule is NCCN.O=S(=O)(O)OS(=O)(=O)O. The Labute approximate surface area is 75.6 Å². The second-order valence-electron chi connectivity index (χ2n) is 1.50. The molecular weight excluding hydrogens is 228 g/mol. The Balaban J connectivity index is 0. The molecule has 0 bridgehead atoms. The van der Waals surface area contributed by atoms with E-state index in [0.717, 1.165) is 0 Å². The lowest BCUT2D eigenvalue weighted by Gasteiger charge is -1.89. The van der Waals surface area contributed by atoms with Crippen molar-refractivity contribution >= 4 is 20.8 Å². The predicted octanol–water partition coefficient (Wildman–Crippen LogP) is -2.49. The van der Waals surface area contributed by atoms with Crippen LogP contribution in [0.5, 0.6) is 0 Å². The summed E-state index contributed by atoms with van der Waals surface area (Å²) in [6.45, 7) is 1.19. The largest absolute Gasteiger partial charge is 0.413 e. The van der Waals surface area contributed by atoms with Crippen LogP contribution < -0.4 is 11.5 Å². The van der Waals surface area contributed by atoms with Gasteiger partial charge >= 0.3 is 20.8 Å². The first-order valence-electron chi connectivity index (χ1n) is 2.68. The average Bonchev–Trinajstić information content (AvgIpc) is 1.80. The quantitative estimate of drug-likeness (QED) is 0.388. The molecule has 0 saturated heterocycles. The molecule has 0 heterocycles. The molecule has 0 aromatic heterocycles. The Hall–Kier alpha value is -0.300. The van der Waals surface area contributed by atoms with Crippen molar-refractivity contribution < 1.29 is 29.6 Å². The van der Waals surface area contributed by atoms with Crippen LogP contribution in [0.1, 0.15) is 0 Å². The van der Waals surface area contributed by atoms with Gasteiger partial charge in [-0.15, -0.1) is 3.63 Å². The van der Waals surface area contributed by atoms with E-state index in [1.54, 1.807) is 0 Å². The van der Waals surface area contributed by atoms with Crippen LogP contribution in [0.4, 0.5) is 0 Å². The highest BCUT2D eigenvalue weighted by Gasteiger charge is 2.15. The van der Waals surface area contributed by atoms with E-state index in [2.05, 4.69) is 3.63 Å². The number of nitrogens with two attached hydrogens (primary N) is 2. The van der Waals surface area contributed by atoms with E-state index in [0.29, 0.717) is 13.1 Å². The fourth-order valence-corrected chi connectivity index (χ4v) is 0.978. The van der Waals surface area contributed by atoms with Crippen molar-refractivity contribution in [2.24, 2.45) is 11.5 Å². The summed E-state index contributed by atoms with van der Waals surface area (Å²) in [5.41, 5.74) is 9.81. The molecule has 0 spiro atoms. The summed E-state index contributed by atoms with van der Waals surface area (Å²) in [4.78, 5) is 0. The van der Waals surface area contributed by atoms with Crippen molar-refractivity contribution in [2.75, 3.05) is 13.1 Å². The monoisotopic (exact) mass is 238 g/mol. The number of hydrogen-bond donors (Lipinski definition) is 4. The van der Waals surface area contributed by atoms with Crippen LogP contribution in [0, 0.1) is 0 Å². The van der Waals surface area contributed by atoms with E-state index in [1.165, 1.54) is 0 Å². The van der Waals surface area contributed by atoms with Crippen LogP contribution in [0.15, 0.2) is 0 Å². The standard InChI is InChI=1S/C2H8N2.H2O7S2/c3-1-2-4;1-8(2,3)7-9(4,5)6/h1-4H2;(H,1,2,3)(H,4,5,6). The van der Waals surface area contributed by atoms with Crippen molar-refractivity contribution in [3.8, 4) is 0 Å². The summed E-state index contributed by atoms with van der Waals surface area (Å²) in [7, 11) is -10.2. The number of hydrogen-bond acceptors (Lipinski definition) is 7. The molecule has 9 nitrogen and oxygen atoms in total. The summed E-state index contributed by atoms with van der Waals surface area (Å²) < 4.78 is 55.6. The van der Waals surface area contributed by atoms with Gasteiger partial charge in [-0.05, 0) is 0 Å². The fraction of sp³-hybridized carbons (Fsp3) is 1.00. The molecule has 0 aromatic carbocycles. The Morgan fingerprint density at radius 2 is 1.15 bits per heavy atom. The summed E-state index contributed by atoms with van der Waals surface area (Å²) in [5.74, 6) is 0. The van der Waals surface area contributed by atoms with Gasteiger partial charge in [0, 0.05) is 13.1 Å². The van der Waals surface area contributed by atoms with Gasteiger partial charge in [0.25, 0.3) is 0 Å². The van der Waals surface area contributed by atoms with Crippen molar-refractivity contribution in [1.29, 1.82) is 0 Å². The first-order valence-corrected chi connectivity index (χ1v) is 5.41. The molecule has 11 heteroatoms. The zero-order valence-corrected chi connectivity index (χ0v) is 7.95. The molecule has 13 heavy (non-hydrogen) atoms. The van der Waals surface area contributed by atoms with Gasteiger partial charge in [0.05, 0.1) is 0 Å². The lowest BCUT2D eigenvalue weighted by atomic mass is 10.7. The number of rotatable bonds is 3. The Bertz CT molecular complexity index is 271. The van der Waals surface area contributed by atoms with Crippen LogP contribution in [-0.2, 0) is 24.4 Å². The van der Waals surface area contributed by atoms with Gasteiger partial charge in [0.2, 0.25) is 0 Å². The molecule has 0 radical (unpaired) electrons. The second kappa shape index (κ2) is 6.20. The third-order valence-corrected chi connectivity index (χ3v) is 1.71. The first-order chi connectivity index (χ1) is 5.62. The smallest absolute Gasteiger partial charge is 0.329 e. The molecule has 0 unspecified atom stereocenters. The third-order valence-electron chi connectivity index (χ3n) is 0.339. The Kier molecular flexibility index (Phi) is 7.24. The van der Waals surface area contributed by atoms with Crippen LogP contribution in [0.25, 0.3) is 0 Å². The maximum absolute atomic E-state index is 9.44. The van der Waals surface area contributed by atoms with Crippen molar-refractivity contribution in [1.82, 2.24) is 0 Å². The van der Waals surface area contributed by atoms with Crippen molar-refractivity contribution in [3.05, 3.63) is 0 Å². The van der Waals surface area contributed by atoms with Crippen LogP contribution in [0.2, 0.25) is 0 Å². The van der Waals surface area contributed by atoms with E-state index in [-0.39, 0.29) is 0 Å². The summed E-state index contributed by atoms with van der Waals surface area (Å²) in [5, 5.41) is 0. The van der Waals surface area contributed by atoms with E-state index in [1.807, 2.05) is 0 Å². The van der Waals surface area contributed by atoms with Gasteiger partial charge in [-0.2, -0.15) is 16.8 Å². The predicted molar refractivity (Wildman–Crippen MR) is 42.3 cm³/mol. The third kappa shape index (κ3) is 24.5. The molecule has 0 aliphatic rings. The molecule has 6 N–H and O–H groups in total. The highest BCUT2D eigenvalue weighted by Crippen LogP contribution is 1.91. The Morgan fingerprint density at radius 1 is 0.923 bits per heavy atom. The van der Waals surface area contributed by atoms with Gasteiger partial charge in [0.15, 0.2) is 0 Å². The van der Waals surface area contributed by atoms with Gasteiger partial charge in [0.1, 0.15) is 0 Å². The van der Waals surface area contributed by atoms with Crippen LogP contribution >= 0.6 is 0 Å². The minimum Gasteiger partial charge on any atom is -0.329 e. The molecule has 82 valence electrons. The van der Waals surface area contributed by atoms with E-state index in [4.69, 9.17) is 20.6 Å². The fourth-order valence-electron chi connectivity index (χ4n) is 0.109. The van der Waals surface area contributed by atoms with E-state index >= 15 is 0 Å². The molecule has 0 amide bonds. The topological polar surface area (TPSA) is 170 Å². The summed E-state index contributed by atoms with van der Waals surface area (Å²) in [6.07, 6.45) is 0. The van der Waals surface area contributed by atoms with Crippen LogP contribution in [-0.4, -0.2) is 39.0 Å². The maximum atomic E-state index is 9.44. The highest BCUT2D eigenvalue weighted by molar-refractivity contribution is 7.94. The van der Waals surface area contributed by atoms with Crippen molar-refractivity contribution in [3.63, 3.8) is 0 Å². The van der Waals surface area contributed by atoms with E-state index < -0.39 is 20.8 Å². The second-order valence-corrected chi connectivity index (χ2v) is 3.76. The first kappa shape index (κ1) is 15.2. The normalized spacial score (nSPS) is 11.7. The lowest BCUT2D eigenvalue weighted by molar-refractivity contribution is 0.344. The van der Waals surface area contributed by atoms with Gasteiger partial charge in [-0.1, -0.05) is 0 Å². The Morgan fingerprint density at radius 3 is 1.15 bits per heavy atom. The maximum Gasteiger partial charge on any atom is 0.413 e. The molecule has 0 aliphatic carbocycles. The molecule has 0 aliphatic heterocycles. The minimum absolute atomic E-state index is 0.597. The molecule has 0 rings (SSSR count). The van der Waals surface area contributed by atoms with E-state index in [9.17, 15) is 16.8 Å². The molecule has 0 saturated carbocycles. The van der Waals surface area contributed by atoms with Gasteiger partial charge < -0.3 is 11.5 Å². The summed E-state index contributed by atoms with van der Waals surface area (Å²) in [6, 6.07) is 0. The zero-order chi connectivity index (χ0) is 11.1. The lowest BCUT2D eigenvalue weighted by Crippen LogP contribution is -2.11. The average molecular weight is 238 g/mol. The van der Waals surface area contributed by atoms with Crippen LogP contribution in [0.3, 0.4) is 0 Å². The molecule has 0 fully saturated rings. The highest BCUT2D eigenvalue weighted by atomic mass is 32.3. The van der Waals surface area contributed by atoms with Gasteiger partial charge in [-0.3, -0.25) is 9.11 Å². The molecule has 0 atom stereocenters. The van der Waals surface area contributed by atoms with Crippen molar-refractivity contribution in [2.45, 2.75) is 0 Å². The zero-order valence-electron chi connectivity index (χ0n) is 6.32. The molecular formula is C2H10N2O7S2.